The van der Waals surface area contributed by atoms with Crippen LogP contribution in [0.15, 0.2) is 48.5 Å². The fourth-order valence-electron chi connectivity index (χ4n) is 3.22. The third-order valence-electron chi connectivity index (χ3n) is 4.53. The van der Waals surface area contributed by atoms with Crippen LogP contribution in [0.25, 0.3) is 22.4 Å². The van der Waals surface area contributed by atoms with E-state index in [2.05, 4.69) is 23.6 Å². The molecular weight excluding hydrogens is 296 g/mol. The molecule has 1 N–H and O–H groups in total. The molecule has 0 saturated carbocycles. The molecule has 1 heterocycles. The van der Waals surface area contributed by atoms with Gasteiger partial charge < -0.3 is 9.67 Å². The predicted molar refractivity (Wildman–Crippen MR) is 100 cm³/mol. The number of nitrogens with zero attached hydrogens (tertiary/aromatic N) is 2. The number of rotatable bonds is 8. The minimum Gasteiger partial charge on any atom is -0.507 e. The topological polar surface area (TPSA) is 38.0 Å². The second kappa shape index (κ2) is 8.00. The number of unbranched alkanes of at least 4 members (excludes halogenated alkanes) is 5. The van der Waals surface area contributed by atoms with Gasteiger partial charge in [0.15, 0.2) is 0 Å². The molecule has 0 aliphatic carbocycles. The molecule has 2 aromatic carbocycles. The lowest BCUT2D eigenvalue weighted by Crippen LogP contribution is -2.01. The standard InChI is InChI=1S/C21H26N2O/c1-2-3-4-5-6-11-16-23-19-14-9-8-13-18(19)22-21(23)17-12-7-10-15-20(17)24/h7-10,12-15,24H,2-6,11,16H2,1H3. The highest BCUT2D eigenvalue weighted by Gasteiger charge is 2.14. The van der Waals surface area contributed by atoms with Gasteiger partial charge in [0.25, 0.3) is 0 Å². The average molecular weight is 322 g/mol. The number of phenols is 1. The first-order valence-corrected chi connectivity index (χ1v) is 9.05. The molecule has 126 valence electrons. The van der Waals surface area contributed by atoms with Gasteiger partial charge in [0.2, 0.25) is 0 Å². The molecule has 0 spiro atoms. The summed E-state index contributed by atoms with van der Waals surface area (Å²) in [4.78, 5) is 4.78. The molecule has 3 rings (SSSR count). The van der Waals surface area contributed by atoms with Crippen molar-refractivity contribution in [2.45, 2.75) is 52.0 Å². The second-order valence-electron chi connectivity index (χ2n) is 6.36. The summed E-state index contributed by atoms with van der Waals surface area (Å²) in [6.45, 7) is 3.19. The number of imidazole rings is 1. The lowest BCUT2D eigenvalue weighted by Gasteiger charge is -2.10. The maximum atomic E-state index is 10.2. The van der Waals surface area contributed by atoms with Crippen molar-refractivity contribution in [1.29, 1.82) is 0 Å². The van der Waals surface area contributed by atoms with Crippen molar-refractivity contribution >= 4 is 11.0 Å². The van der Waals surface area contributed by atoms with Gasteiger partial charge in [-0.3, -0.25) is 0 Å². The van der Waals surface area contributed by atoms with Crippen LogP contribution in [0, 0.1) is 0 Å². The first-order chi connectivity index (χ1) is 11.8. The molecule has 1 aromatic heterocycles. The zero-order chi connectivity index (χ0) is 16.8. The van der Waals surface area contributed by atoms with Crippen LogP contribution in [0.2, 0.25) is 0 Å². The maximum Gasteiger partial charge on any atom is 0.144 e. The van der Waals surface area contributed by atoms with Gasteiger partial charge in [0.1, 0.15) is 11.6 Å². The third-order valence-corrected chi connectivity index (χ3v) is 4.53. The van der Waals surface area contributed by atoms with E-state index in [9.17, 15) is 5.11 Å². The van der Waals surface area contributed by atoms with E-state index in [0.29, 0.717) is 0 Å². The smallest absolute Gasteiger partial charge is 0.144 e. The summed E-state index contributed by atoms with van der Waals surface area (Å²) in [6, 6.07) is 15.7. The molecule has 0 fully saturated rings. The fraction of sp³-hybridized carbons (Fsp3) is 0.381. The first kappa shape index (κ1) is 16.6. The Morgan fingerprint density at radius 1 is 0.875 bits per heavy atom. The quantitative estimate of drug-likeness (QED) is 0.535. The van der Waals surface area contributed by atoms with Gasteiger partial charge in [0, 0.05) is 6.54 Å². The molecule has 3 aromatic rings. The van der Waals surface area contributed by atoms with Crippen LogP contribution < -0.4 is 0 Å². The van der Waals surface area contributed by atoms with Crippen molar-refractivity contribution in [3.63, 3.8) is 0 Å². The van der Waals surface area contributed by atoms with Crippen LogP contribution in [-0.2, 0) is 6.54 Å². The van der Waals surface area contributed by atoms with Crippen LogP contribution in [-0.4, -0.2) is 14.7 Å². The fourth-order valence-corrected chi connectivity index (χ4v) is 3.22. The van der Waals surface area contributed by atoms with Crippen LogP contribution in [0.1, 0.15) is 45.4 Å². The summed E-state index contributed by atoms with van der Waals surface area (Å²) in [5.74, 6) is 1.15. The van der Waals surface area contributed by atoms with Crippen molar-refractivity contribution in [2.75, 3.05) is 0 Å². The first-order valence-electron chi connectivity index (χ1n) is 9.05. The Labute approximate surface area is 144 Å². The molecule has 0 amide bonds. The monoisotopic (exact) mass is 322 g/mol. The molecule has 0 radical (unpaired) electrons. The number of aromatic hydroxyl groups is 1. The van der Waals surface area contributed by atoms with Crippen molar-refractivity contribution in [3.8, 4) is 17.1 Å². The van der Waals surface area contributed by atoms with E-state index >= 15 is 0 Å². The van der Waals surface area contributed by atoms with Gasteiger partial charge >= 0.3 is 0 Å². The number of para-hydroxylation sites is 3. The number of aryl methyl sites for hydroxylation is 1. The summed E-state index contributed by atoms with van der Waals surface area (Å²) >= 11 is 0. The molecule has 0 unspecified atom stereocenters. The van der Waals surface area contributed by atoms with Gasteiger partial charge in [-0.05, 0) is 30.7 Å². The Morgan fingerprint density at radius 3 is 2.42 bits per heavy atom. The highest BCUT2D eigenvalue weighted by Crippen LogP contribution is 2.31. The molecule has 0 bridgehead atoms. The molecule has 3 nitrogen and oxygen atoms in total. The number of hydrogen-bond acceptors (Lipinski definition) is 2. The van der Waals surface area contributed by atoms with Gasteiger partial charge in [0.05, 0.1) is 16.6 Å². The van der Waals surface area contributed by atoms with E-state index in [1.54, 1.807) is 6.07 Å². The summed E-state index contributed by atoms with van der Waals surface area (Å²) in [6.07, 6.45) is 7.62. The Hall–Kier alpha value is -2.29. The lowest BCUT2D eigenvalue weighted by molar-refractivity contribution is 0.476. The molecule has 0 aliphatic rings. The number of aromatic nitrogens is 2. The van der Waals surface area contributed by atoms with E-state index in [4.69, 9.17) is 4.98 Å². The van der Waals surface area contributed by atoms with E-state index in [0.717, 1.165) is 35.4 Å². The SMILES string of the molecule is CCCCCCCCn1c(-c2ccccc2O)nc2ccccc21. The summed E-state index contributed by atoms with van der Waals surface area (Å²) < 4.78 is 2.25. The number of phenolic OH excluding ortho intramolecular Hbond substituents is 1. The molecule has 0 saturated heterocycles. The number of fused-ring (bicyclic) bond motifs is 1. The number of hydrogen-bond donors (Lipinski definition) is 1. The van der Waals surface area contributed by atoms with Crippen molar-refractivity contribution in [3.05, 3.63) is 48.5 Å². The molecule has 0 atom stereocenters. The normalized spacial score (nSPS) is 11.2. The predicted octanol–water partition coefficient (Wildman–Crippen LogP) is 5.77. The highest BCUT2D eigenvalue weighted by atomic mass is 16.3. The van der Waals surface area contributed by atoms with Crippen LogP contribution in [0.5, 0.6) is 5.75 Å². The molecular formula is C21H26N2O. The van der Waals surface area contributed by atoms with Crippen LogP contribution in [0.3, 0.4) is 0 Å². The summed E-state index contributed by atoms with van der Waals surface area (Å²) in [5, 5.41) is 10.2. The van der Waals surface area contributed by atoms with Crippen LogP contribution in [0.4, 0.5) is 0 Å². The second-order valence-corrected chi connectivity index (χ2v) is 6.36. The van der Waals surface area contributed by atoms with E-state index in [1.165, 1.54) is 32.1 Å². The Kier molecular flexibility index (Phi) is 5.52. The molecule has 24 heavy (non-hydrogen) atoms. The van der Waals surface area contributed by atoms with Crippen LogP contribution >= 0.6 is 0 Å². The van der Waals surface area contributed by atoms with E-state index in [-0.39, 0.29) is 5.75 Å². The van der Waals surface area contributed by atoms with Gasteiger partial charge in [-0.2, -0.15) is 0 Å². The van der Waals surface area contributed by atoms with Crippen molar-refractivity contribution in [1.82, 2.24) is 9.55 Å². The van der Waals surface area contributed by atoms with E-state index < -0.39 is 0 Å². The number of benzene rings is 2. The zero-order valence-electron chi connectivity index (χ0n) is 14.4. The largest absolute Gasteiger partial charge is 0.507 e. The molecule has 3 heteroatoms. The summed E-state index contributed by atoms with van der Waals surface area (Å²) in [5.41, 5.74) is 2.94. The van der Waals surface area contributed by atoms with Crippen molar-refractivity contribution < 1.29 is 5.11 Å². The zero-order valence-corrected chi connectivity index (χ0v) is 14.4. The molecule has 0 aliphatic heterocycles. The minimum atomic E-state index is 0.289. The van der Waals surface area contributed by atoms with Gasteiger partial charge in [-0.25, -0.2) is 4.98 Å². The highest BCUT2D eigenvalue weighted by molar-refractivity contribution is 5.81. The minimum absolute atomic E-state index is 0.289. The third kappa shape index (κ3) is 3.61. The Bertz CT molecular complexity index is 791. The Balaban J connectivity index is 1.85. The van der Waals surface area contributed by atoms with Gasteiger partial charge in [-0.15, -0.1) is 0 Å². The summed E-state index contributed by atoms with van der Waals surface area (Å²) in [7, 11) is 0. The maximum absolute atomic E-state index is 10.2. The van der Waals surface area contributed by atoms with E-state index in [1.807, 2.05) is 30.3 Å². The lowest BCUT2D eigenvalue weighted by atomic mass is 10.1. The van der Waals surface area contributed by atoms with Crippen molar-refractivity contribution in [2.24, 2.45) is 0 Å². The average Bonchev–Trinajstić information content (AvgIpc) is 2.97. The Morgan fingerprint density at radius 2 is 1.58 bits per heavy atom. The van der Waals surface area contributed by atoms with Gasteiger partial charge in [-0.1, -0.05) is 63.3 Å².